The van der Waals surface area contributed by atoms with Gasteiger partial charge in [-0.2, -0.15) is 0 Å². The molecule has 1 aromatic rings. The van der Waals surface area contributed by atoms with Crippen molar-refractivity contribution in [3.63, 3.8) is 0 Å². The molecule has 3 heteroatoms. The van der Waals surface area contributed by atoms with Crippen LogP contribution in [0.5, 0.6) is 0 Å². The van der Waals surface area contributed by atoms with Crippen molar-refractivity contribution in [2.75, 3.05) is 20.2 Å². The van der Waals surface area contributed by atoms with Crippen LogP contribution in [0, 0.1) is 11.7 Å². The predicted octanol–water partition coefficient (Wildman–Crippen LogP) is 3.41. The molecular weight excluding hydrogens is 241 g/mol. The molecule has 1 N–H and O–H groups in total. The molecule has 0 radical (unpaired) electrons. The highest BCUT2D eigenvalue weighted by Crippen LogP contribution is 2.15. The van der Waals surface area contributed by atoms with Gasteiger partial charge in [0.2, 0.25) is 0 Å². The van der Waals surface area contributed by atoms with Gasteiger partial charge in [0.05, 0.1) is 5.60 Å². The monoisotopic (exact) mass is 267 g/mol. The van der Waals surface area contributed by atoms with Gasteiger partial charge in [-0.3, -0.25) is 0 Å². The second kappa shape index (κ2) is 7.61. The predicted molar refractivity (Wildman–Crippen MR) is 77.8 cm³/mol. The molecule has 0 aliphatic rings. The zero-order valence-corrected chi connectivity index (χ0v) is 12.5. The van der Waals surface area contributed by atoms with E-state index < -0.39 is 0 Å². The Balaban J connectivity index is 2.48. The zero-order chi connectivity index (χ0) is 14.3. The lowest BCUT2D eigenvalue weighted by Crippen LogP contribution is -2.25. The van der Waals surface area contributed by atoms with Crippen LogP contribution in [0.2, 0.25) is 0 Å². The number of nitrogens with one attached hydrogen (secondary N) is 1. The lowest BCUT2D eigenvalue weighted by atomic mass is 9.96. The summed E-state index contributed by atoms with van der Waals surface area (Å²) in [6.07, 6.45) is 1.86. The van der Waals surface area contributed by atoms with Gasteiger partial charge in [0.25, 0.3) is 0 Å². The lowest BCUT2D eigenvalue weighted by Gasteiger charge is -2.22. The van der Waals surface area contributed by atoms with Gasteiger partial charge < -0.3 is 10.1 Å². The van der Waals surface area contributed by atoms with Crippen molar-refractivity contribution in [3.8, 4) is 0 Å². The summed E-state index contributed by atoms with van der Waals surface area (Å²) in [7, 11) is 1.95. The van der Waals surface area contributed by atoms with Crippen LogP contribution >= 0.6 is 0 Å². The van der Waals surface area contributed by atoms with Gasteiger partial charge in [0.15, 0.2) is 0 Å². The van der Waals surface area contributed by atoms with Crippen LogP contribution < -0.4 is 5.32 Å². The van der Waals surface area contributed by atoms with Crippen molar-refractivity contribution in [1.29, 1.82) is 0 Å². The summed E-state index contributed by atoms with van der Waals surface area (Å²) in [5, 5.41) is 3.20. The molecule has 0 fully saturated rings. The van der Waals surface area contributed by atoms with Gasteiger partial charge in [-0.1, -0.05) is 12.1 Å². The van der Waals surface area contributed by atoms with Gasteiger partial charge in [-0.15, -0.1) is 0 Å². The molecule has 0 saturated heterocycles. The largest absolute Gasteiger partial charge is 0.376 e. The molecule has 0 aliphatic heterocycles. The number of ether oxygens (including phenoxy) is 1. The average Bonchev–Trinajstić information content (AvgIpc) is 2.27. The fraction of sp³-hybridized carbons (Fsp3) is 0.625. The van der Waals surface area contributed by atoms with E-state index in [1.807, 2.05) is 13.1 Å². The molecule has 0 bridgehead atoms. The van der Waals surface area contributed by atoms with Crippen LogP contribution in [0.15, 0.2) is 24.3 Å². The fourth-order valence-corrected chi connectivity index (χ4v) is 2.09. The zero-order valence-electron chi connectivity index (χ0n) is 12.5. The van der Waals surface area contributed by atoms with Crippen molar-refractivity contribution in [2.45, 2.75) is 39.2 Å². The minimum absolute atomic E-state index is 0.0942. The summed E-state index contributed by atoms with van der Waals surface area (Å²) >= 11 is 0. The van der Waals surface area contributed by atoms with E-state index >= 15 is 0 Å². The van der Waals surface area contributed by atoms with Gasteiger partial charge >= 0.3 is 0 Å². The summed E-state index contributed by atoms with van der Waals surface area (Å²) in [6.45, 7) is 7.85. The van der Waals surface area contributed by atoms with Crippen LogP contribution in [0.3, 0.4) is 0 Å². The number of hydrogen-bond acceptors (Lipinski definition) is 2. The van der Waals surface area contributed by atoms with E-state index in [-0.39, 0.29) is 11.4 Å². The van der Waals surface area contributed by atoms with Crippen molar-refractivity contribution in [3.05, 3.63) is 35.6 Å². The molecule has 2 nitrogen and oxygen atoms in total. The Morgan fingerprint density at radius 1 is 1.32 bits per heavy atom. The molecule has 1 aromatic carbocycles. The highest BCUT2D eigenvalue weighted by atomic mass is 19.1. The minimum atomic E-state index is -0.161. The quantitative estimate of drug-likeness (QED) is 0.817. The first-order valence-electron chi connectivity index (χ1n) is 6.94. The first-order chi connectivity index (χ1) is 8.90. The molecule has 0 heterocycles. The van der Waals surface area contributed by atoms with E-state index in [0.717, 1.165) is 31.6 Å². The van der Waals surface area contributed by atoms with E-state index in [4.69, 9.17) is 4.74 Å². The van der Waals surface area contributed by atoms with Crippen LogP contribution in [-0.2, 0) is 11.2 Å². The molecule has 19 heavy (non-hydrogen) atoms. The minimum Gasteiger partial charge on any atom is -0.376 e. The summed E-state index contributed by atoms with van der Waals surface area (Å²) in [4.78, 5) is 0. The highest BCUT2D eigenvalue weighted by Gasteiger charge is 2.13. The SMILES string of the molecule is CNCC(CCOC(C)(C)C)Cc1cccc(F)c1. The molecule has 0 aromatic heterocycles. The smallest absolute Gasteiger partial charge is 0.123 e. The first-order valence-corrected chi connectivity index (χ1v) is 6.94. The normalized spacial score (nSPS) is 13.5. The highest BCUT2D eigenvalue weighted by molar-refractivity contribution is 5.16. The Morgan fingerprint density at radius 2 is 2.05 bits per heavy atom. The topological polar surface area (TPSA) is 21.3 Å². The number of halogens is 1. The number of hydrogen-bond donors (Lipinski definition) is 1. The van der Waals surface area contributed by atoms with Crippen LogP contribution in [0.4, 0.5) is 4.39 Å². The van der Waals surface area contributed by atoms with Crippen molar-refractivity contribution in [2.24, 2.45) is 5.92 Å². The van der Waals surface area contributed by atoms with E-state index in [1.165, 1.54) is 6.07 Å². The number of rotatable bonds is 7. The fourth-order valence-electron chi connectivity index (χ4n) is 2.09. The van der Waals surface area contributed by atoms with Crippen LogP contribution in [0.25, 0.3) is 0 Å². The third-order valence-corrected chi connectivity index (χ3v) is 2.97. The maximum atomic E-state index is 13.2. The molecule has 0 aliphatic carbocycles. The van der Waals surface area contributed by atoms with Gasteiger partial charge in [0.1, 0.15) is 5.82 Å². The summed E-state index contributed by atoms with van der Waals surface area (Å²) in [6, 6.07) is 6.86. The van der Waals surface area contributed by atoms with E-state index in [0.29, 0.717) is 5.92 Å². The maximum Gasteiger partial charge on any atom is 0.123 e. The Bertz CT molecular complexity index is 373. The molecule has 1 rings (SSSR count). The Labute approximate surface area is 116 Å². The molecule has 0 saturated carbocycles. The second-order valence-corrected chi connectivity index (χ2v) is 6.01. The van der Waals surface area contributed by atoms with Gasteiger partial charge in [-0.25, -0.2) is 4.39 Å². The van der Waals surface area contributed by atoms with Gasteiger partial charge in [0, 0.05) is 6.61 Å². The summed E-state index contributed by atoms with van der Waals surface area (Å²) in [5.74, 6) is 0.306. The van der Waals surface area contributed by atoms with Crippen molar-refractivity contribution < 1.29 is 9.13 Å². The Hall–Kier alpha value is -0.930. The van der Waals surface area contributed by atoms with Crippen LogP contribution in [-0.4, -0.2) is 25.8 Å². The average molecular weight is 267 g/mol. The summed E-state index contributed by atoms with van der Waals surface area (Å²) in [5.41, 5.74) is 0.958. The molecule has 1 atom stereocenters. The maximum absolute atomic E-state index is 13.2. The van der Waals surface area contributed by atoms with E-state index in [2.05, 4.69) is 26.1 Å². The third-order valence-electron chi connectivity index (χ3n) is 2.97. The molecule has 0 spiro atoms. The number of benzene rings is 1. The van der Waals surface area contributed by atoms with Gasteiger partial charge in [-0.05, 0) is 70.8 Å². The molecule has 1 unspecified atom stereocenters. The summed E-state index contributed by atoms with van der Waals surface area (Å²) < 4.78 is 18.9. The Morgan fingerprint density at radius 3 is 2.63 bits per heavy atom. The van der Waals surface area contributed by atoms with E-state index in [9.17, 15) is 4.39 Å². The molecule has 108 valence electrons. The Kier molecular flexibility index (Phi) is 6.46. The van der Waals surface area contributed by atoms with Crippen molar-refractivity contribution >= 4 is 0 Å². The first kappa shape index (κ1) is 16.1. The third kappa shape index (κ3) is 7.28. The van der Waals surface area contributed by atoms with Crippen molar-refractivity contribution in [1.82, 2.24) is 5.32 Å². The second-order valence-electron chi connectivity index (χ2n) is 6.01. The van der Waals surface area contributed by atoms with E-state index in [1.54, 1.807) is 12.1 Å². The molecular formula is C16H26FNO. The lowest BCUT2D eigenvalue weighted by molar-refractivity contribution is -0.00912. The standard InChI is InChI=1S/C16H26FNO/c1-16(2,3)19-9-8-14(12-18-4)10-13-6-5-7-15(17)11-13/h5-7,11,14,18H,8-10,12H2,1-4H3. The molecule has 0 amide bonds. The van der Waals surface area contributed by atoms with Crippen LogP contribution in [0.1, 0.15) is 32.8 Å².